The minimum absolute atomic E-state index is 0.471. The molecule has 88 valence electrons. The second-order valence-electron chi connectivity index (χ2n) is 4.83. The van der Waals surface area contributed by atoms with Crippen molar-refractivity contribution in [3.63, 3.8) is 0 Å². The Kier molecular flexibility index (Phi) is 4.32. The fourth-order valence-electron chi connectivity index (χ4n) is 1.87. The highest BCUT2D eigenvalue weighted by Crippen LogP contribution is 2.26. The maximum atomic E-state index is 11.9. The van der Waals surface area contributed by atoms with Crippen molar-refractivity contribution in [2.24, 2.45) is 5.92 Å². The third-order valence-electron chi connectivity index (χ3n) is 3.20. The van der Waals surface area contributed by atoms with Gasteiger partial charge in [-0.2, -0.15) is 0 Å². The van der Waals surface area contributed by atoms with Crippen LogP contribution in [0.4, 0.5) is 0 Å². The van der Waals surface area contributed by atoms with Crippen molar-refractivity contribution in [2.45, 2.75) is 50.7 Å². The highest BCUT2D eigenvalue weighted by Gasteiger charge is 2.35. The van der Waals surface area contributed by atoms with E-state index in [1.807, 2.05) is 0 Å². The predicted molar refractivity (Wildman–Crippen MR) is 61.3 cm³/mol. The number of aliphatic carboxylic acids is 1. The van der Waals surface area contributed by atoms with Gasteiger partial charge >= 0.3 is 5.97 Å². The second-order valence-corrected chi connectivity index (χ2v) is 6.88. The molecular weight excluding hydrogens is 212 g/mol. The van der Waals surface area contributed by atoms with E-state index in [-0.39, 0.29) is 0 Å². The van der Waals surface area contributed by atoms with Gasteiger partial charge in [-0.15, -0.1) is 0 Å². The van der Waals surface area contributed by atoms with E-state index in [0.717, 1.165) is 12.8 Å². The van der Waals surface area contributed by atoms with Crippen LogP contribution in [0.3, 0.4) is 0 Å². The normalized spacial score (nSPS) is 21.2. The molecule has 0 saturated heterocycles. The van der Waals surface area contributed by atoms with E-state index < -0.39 is 21.5 Å². The Morgan fingerprint density at radius 2 is 1.87 bits per heavy atom. The summed E-state index contributed by atoms with van der Waals surface area (Å²) >= 11 is 0. The summed E-state index contributed by atoms with van der Waals surface area (Å²) in [5.41, 5.74) is 0. The number of carbonyl (C=O) groups is 1. The van der Waals surface area contributed by atoms with E-state index in [2.05, 4.69) is 0 Å². The first kappa shape index (κ1) is 12.7. The van der Waals surface area contributed by atoms with Gasteiger partial charge in [-0.1, -0.05) is 19.3 Å². The molecule has 15 heavy (non-hydrogen) atoms. The Bertz CT molecular complexity index is 255. The summed E-state index contributed by atoms with van der Waals surface area (Å²) in [6, 6.07) is 0. The molecule has 0 aromatic rings. The molecule has 1 atom stereocenters. The summed E-state index contributed by atoms with van der Waals surface area (Å²) in [6.07, 6.45) is 5.90. The Morgan fingerprint density at radius 3 is 2.33 bits per heavy atom. The van der Waals surface area contributed by atoms with Gasteiger partial charge in [-0.3, -0.25) is 9.00 Å². The first-order chi connectivity index (χ1) is 6.94. The van der Waals surface area contributed by atoms with Crippen LogP contribution in [0, 0.1) is 5.92 Å². The summed E-state index contributed by atoms with van der Waals surface area (Å²) in [6.45, 7) is 3.10. The molecule has 0 radical (unpaired) electrons. The SMILES string of the molecule is CC(C)(C(=O)O)S(=O)CC1CCCCC1. The Balaban J connectivity index is 2.50. The fourth-order valence-corrected chi connectivity index (χ4v) is 3.25. The van der Waals surface area contributed by atoms with Crippen LogP contribution in [0.5, 0.6) is 0 Å². The van der Waals surface area contributed by atoms with Crippen LogP contribution in [-0.2, 0) is 15.6 Å². The largest absolute Gasteiger partial charge is 0.480 e. The van der Waals surface area contributed by atoms with E-state index in [1.165, 1.54) is 19.3 Å². The third kappa shape index (κ3) is 3.30. The van der Waals surface area contributed by atoms with Crippen LogP contribution in [0.25, 0.3) is 0 Å². The molecule has 1 N–H and O–H groups in total. The average molecular weight is 232 g/mol. The predicted octanol–water partition coefficient (Wildman–Crippen LogP) is 2.18. The quantitative estimate of drug-likeness (QED) is 0.808. The zero-order valence-corrected chi connectivity index (χ0v) is 10.3. The van der Waals surface area contributed by atoms with Gasteiger partial charge in [0.25, 0.3) is 0 Å². The van der Waals surface area contributed by atoms with Crippen molar-refractivity contribution in [1.82, 2.24) is 0 Å². The molecule has 0 aliphatic heterocycles. The average Bonchev–Trinajstić information content (AvgIpc) is 2.18. The van der Waals surface area contributed by atoms with Gasteiger partial charge < -0.3 is 5.11 Å². The van der Waals surface area contributed by atoms with Gasteiger partial charge in [0.05, 0.1) is 0 Å². The van der Waals surface area contributed by atoms with E-state index in [1.54, 1.807) is 13.8 Å². The smallest absolute Gasteiger partial charge is 0.321 e. The van der Waals surface area contributed by atoms with Gasteiger partial charge in [-0.05, 0) is 32.6 Å². The zero-order valence-electron chi connectivity index (χ0n) is 9.49. The molecule has 0 heterocycles. The minimum Gasteiger partial charge on any atom is -0.480 e. The number of hydrogen-bond acceptors (Lipinski definition) is 2. The van der Waals surface area contributed by atoms with Gasteiger partial charge in [-0.25, -0.2) is 0 Å². The van der Waals surface area contributed by atoms with Crippen LogP contribution in [-0.4, -0.2) is 25.8 Å². The molecule has 0 amide bonds. The number of rotatable bonds is 4. The van der Waals surface area contributed by atoms with Gasteiger partial charge in [0.2, 0.25) is 0 Å². The Hall–Kier alpha value is -0.380. The number of hydrogen-bond donors (Lipinski definition) is 1. The minimum atomic E-state index is -1.26. The standard InChI is InChI=1S/C11H20O3S/c1-11(2,10(12)13)15(14)8-9-6-4-3-5-7-9/h9H,3-8H2,1-2H3,(H,12,13). The molecular formula is C11H20O3S. The van der Waals surface area contributed by atoms with Crippen molar-refractivity contribution in [1.29, 1.82) is 0 Å². The zero-order chi connectivity index (χ0) is 11.5. The maximum absolute atomic E-state index is 11.9. The first-order valence-electron chi connectivity index (χ1n) is 5.56. The number of carboxylic acid groups (broad SMARTS) is 1. The van der Waals surface area contributed by atoms with Gasteiger partial charge in [0.15, 0.2) is 0 Å². The lowest BCUT2D eigenvalue weighted by Gasteiger charge is -2.25. The molecule has 1 aliphatic carbocycles. The van der Waals surface area contributed by atoms with Gasteiger partial charge in [0.1, 0.15) is 4.75 Å². The molecule has 1 saturated carbocycles. The second kappa shape index (κ2) is 5.10. The monoisotopic (exact) mass is 232 g/mol. The van der Waals surface area contributed by atoms with Crippen LogP contribution in [0.2, 0.25) is 0 Å². The van der Waals surface area contributed by atoms with Crippen molar-refractivity contribution < 1.29 is 14.1 Å². The highest BCUT2D eigenvalue weighted by molar-refractivity contribution is 7.87. The van der Waals surface area contributed by atoms with Crippen LogP contribution >= 0.6 is 0 Å². The van der Waals surface area contributed by atoms with Gasteiger partial charge in [0, 0.05) is 16.6 Å². The topological polar surface area (TPSA) is 54.4 Å². The van der Waals surface area contributed by atoms with Crippen molar-refractivity contribution in [3.05, 3.63) is 0 Å². The molecule has 1 rings (SSSR count). The summed E-state index contributed by atoms with van der Waals surface area (Å²) in [4.78, 5) is 10.9. The van der Waals surface area contributed by atoms with Crippen LogP contribution < -0.4 is 0 Å². The highest BCUT2D eigenvalue weighted by atomic mass is 32.2. The lowest BCUT2D eigenvalue weighted by Crippen LogP contribution is -2.39. The summed E-state index contributed by atoms with van der Waals surface area (Å²) < 4.78 is 10.8. The molecule has 0 bridgehead atoms. The van der Waals surface area contributed by atoms with E-state index in [0.29, 0.717) is 11.7 Å². The van der Waals surface area contributed by atoms with E-state index in [9.17, 15) is 9.00 Å². The van der Waals surface area contributed by atoms with Crippen molar-refractivity contribution in [2.75, 3.05) is 5.75 Å². The first-order valence-corrected chi connectivity index (χ1v) is 6.88. The summed E-state index contributed by atoms with van der Waals surface area (Å²) in [5.74, 6) is 0.0640. The maximum Gasteiger partial charge on any atom is 0.321 e. The molecule has 1 fully saturated rings. The molecule has 4 heteroatoms. The molecule has 1 unspecified atom stereocenters. The molecule has 1 aliphatic rings. The third-order valence-corrected chi connectivity index (χ3v) is 5.28. The van der Waals surface area contributed by atoms with Crippen molar-refractivity contribution in [3.8, 4) is 0 Å². The summed E-state index contributed by atoms with van der Waals surface area (Å²) in [7, 11) is -1.26. The Morgan fingerprint density at radius 1 is 1.33 bits per heavy atom. The molecule has 3 nitrogen and oxygen atoms in total. The van der Waals surface area contributed by atoms with E-state index >= 15 is 0 Å². The van der Waals surface area contributed by atoms with Crippen LogP contribution in [0.15, 0.2) is 0 Å². The fraction of sp³-hybridized carbons (Fsp3) is 0.909. The Labute approximate surface area is 93.7 Å². The van der Waals surface area contributed by atoms with E-state index in [4.69, 9.17) is 5.11 Å². The molecule has 0 spiro atoms. The lowest BCUT2D eigenvalue weighted by atomic mass is 9.91. The molecule has 0 aromatic carbocycles. The lowest BCUT2D eigenvalue weighted by molar-refractivity contribution is -0.139. The summed E-state index contributed by atoms with van der Waals surface area (Å²) in [5, 5.41) is 8.95. The van der Waals surface area contributed by atoms with Crippen LogP contribution in [0.1, 0.15) is 46.0 Å². The van der Waals surface area contributed by atoms with Crippen molar-refractivity contribution >= 4 is 16.8 Å². The number of carboxylic acids is 1. The molecule has 0 aromatic heterocycles.